The fourth-order valence-corrected chi connectivity index (χ4v) is 4.55. The largest absolute Gasteiger partial charge is 0.353 e. The van der Waals surface area contributed by atoms with E-state index >= 15 is 0 Å². The van der Waals surface area contributed by atoms with E-state index in [1.165, 1.54) is 4.70 Å². The minimum absolute atomic E-state index is 0.0300. The van der Waals surface area contributed by atoms with E-state index in [2.05, 4.69) is 16.4 Å². The van der Waals surface area contributed by atoms with Crippen LogP contribution in [0.25, 0.3) is 10.2 Å². The molecule has 26 heavy (non-hydrogen) atoms. The van der Waals surface area contributed by atoms with Crippen LogP contribution in [0.4, 0.5) is 0 Å². The van der Waals surface area contributed by atoms with Gasteiger partial charge in [-0.05, 0) is 50.7 Å². The van der Waals surface area contributed by atoms with Gasteiger partial charge in [-0.1, -0.05) is 12.1 Å². The molecule has 0 spiro atoms. The average Bonchev–Trinajstić information content (AvgIpc) is 3.37. The molecule has 1 aliphatic heterocycles. The van der Waals surface area contributed by atoms with Crippen LogP contribution in [0.1, 0.15) is 43.5 Å². The molecular formula is C20H25N3O2S. The third kappa shape index (κ3) is 4.23. The zero-order chi connectivity index (χ0) is 17.9. The van der Waals surface area contributed by atoms with E-state index in [1.807, 2.05) is 23.1 Å². The molecule has 1 atom stereocenters. The minimum Gasteiger partial charge on any atom is -0.353 e. The topological polar surface area (TPSA) is 62.3 Å². The number of piperidine rings is 1. The van der Waals surface area contributed by atoms with Crippen LogP contribution in [-0.2, 0) is 16.0 Å². The van der Waals surface area contributed by atoms with Crippen molar-refractivity contribution >= 4 is 33.4 Å². The molecule has 4 rings (SSSR count). The molecule has 6 heteroatoms. The highest BCUT2D eigenvalue weighted by Crippen LogP contribution is 2.24. The van der Waals surface area contributed by atoms with Gasteiger partial charge in [0, 0.05) is 25.6 Å². The number of fused-ring (bicyclic) bond motifs is 1. The average molecular weight is 372 g/mol. The number of thiazole rings is 1. The van der Waals surface area contributed by atoms with Crippen molar-refractivity contribution in [1.82, 2.24) is 15.2 Å². The van der Waals surface area contributed by atoms with Gasteiger partial charge in [0.15, 0.2) is 0 Å². The SMILES string of the molecule is O=C(NC1CC1)C1CCCN(C(=O)CCCc2nc3ccccc3s2)C1. The number of likely N-dealkylation sites (tertiary alicyclic amines) is 1. The van der Waals surface area contributed by atoms with Crippen molar-refractivity contribution in [2.24, 2.45) is 5.92 Å². The number of hydrogen-bond acceptors (Lipinski definition) is 4. The number of aryl methyl sites for hydroxylation is 1. The molecule has 1 aromatic carbocycles. The third-order valence-corrected chi connectivity index (χ3v) is 6.28. The molecular weight excluding hydrogens is 346 g/mol. The Bertz CT molecular complexity index is 766. The predicted molar refractivity (Wildman–Crippen MR) is 103 cm³/mol. The molecule has 0 bridgehead atoms. The van der Waals surface area contributed by atoms with Crippen molar-refractivity contribution in [2.75, 3.05) is 13.1 Å². The van der Waals surface area contributed by atoms with E-state index in [1.54, 1.807) is 11.3 Å². The lowest BCUT2D eigenvalue weighted by Gasteiger charge is -2.32. The molecule has 1 saturated carbocycles. The first kappa shape index (κ1) is 17.5. The van der Waals surface area contributed by atoms with Crippen LogP contribution in [0.15, 0.2) is 24.3 Å². The number of rotatable bonds is 6. The number of nitrogens with zero attached hydrogens (tertiary/aromatic N) is 2. The summed E-state index contributed by atoms with van der Waals surface area (Å²) in [5, 5.41) is 4.17. The lowest BCUT2D eigenvalue weighted by atomic mass is 9.96. The van der Waals surface area contributed by atoms with Crippen LogP contribution in [0, 0.1) is 5.92 Å². The lowest BCUT2D eigenvalue weighted by molar-refractivity contribution is -0.135. The Kier molecular flexibility index (Phi) is 5.20. The minimum atomic E-state index is -0.0300. The van der Waals surface area contributed by atoms with E-state index < -0.39 is 0 Å². The second-order valence-electron chi connectivity index (χ2n) is 7.39. The Morgan fingerprint density at radius 3 is 2.88 bits per heavy atom. The van der Waals surface area contributed by atoms with Crippen molar-refractivity contribution in [3.05, 3.63) is 29.3 Å². The first-order valence-corrected chi connectivity index (χ1v) is 10.4. The van der Waals surface area contributed by atoms with E-state index in [-0.39, 0.29) is 17.7 Å². The monoisotopic (exact) mass is 371 g/mol. The van der Waals surface area contributed by atoms with Gasteiger partial charge in [0.05, 0.1) is 21.1 Å². The first-order chi connectivity index (χ1) is 12.7. The molecule has 138 valence electrons. The number of para-hydroxylation sites is 1. The third-order valence-electron chi connectivity index (χ3n) is 5.19. The normalized spacial score (nSPS) is 20.3. The van der Waals surface area contributed by atoms with Crippen LogP contribution in [0.2, 0.25) is 0 Å². The van der Waals surface area contributed by atoms with Crippen LogP contribution >= 0.6 is 11.3 Å². The predicted octanol–water partition coefficient (Wildman–Crippen LogP) is 3.14. The molecule has 1 aromatic heterocycles. The Balaban J connectivity index is 1.25. The summed E-state index contributed by atoms with van der Waals surface area (Å²) in [7, 11) is 0. The maximum atomic E-state index is 12.5. The lowest BCUT2D eigenvalue weighted by Crippen LogP contribution is -2.45. The molecule has 2 aromatic rings. The van der Waals surface area contributed by atoms with Gasteiger partial charge in [-0.25, -0.2) is 4.98 Å². The summed E-state index contributed by atoms with van der Waals surface area (Å²) in [4.78, 5) is 31.3. The summed E-state index contributed by atoms with van der Waals surface area (Å²) in [6.07, 6.45) is 6.21. The van der Waals surface area contributed by atoms with Gasteiger partial charge in [-0.3, -0.25) is 9.59 Å². The quantitative estimate of drug-likeness (QED) is 0.848. The Morgan fingerprint density at radius 2 is 2.08 bits per heavy atom. The molecule has 1 aliphatic carbocycles. The standard InChI is InChI=1S/C20H25N3O2S/c24-19(9-3-8-18-22-16-6-1-2-7-17(16)26-18)23-12-4-5-14(13-23)20(25)21-15-10-11-15/h1-2,6-7,14-15H,3-5,8-13H2,(H,21,25). The van der Waals surface area contributed by atoms with E-state index in [9.17, 15) is 9.59 Å². The zero-order valence-corrected chi connectivity index (χ0v) is 15.8. The number of aromatic nitrogens is 1. The van der Waals surface area contributed by atoms with Crippen LogP contribution < -0.4 is 5.32 Å². The number of carbonyl (C=O) groups is 2. The zero-order valence-electron chi connectivity index (χ0n) is 14.9. The molecule has 2 aliphatic rings. The van der Waals surface area contributed by atoms with Gasteiger partial charge >= 0.3 is 0 Å². The van der Waals surface area contributed by atoms with Crippen LogP contribution in [0.5, 0.6) is 0 Å². The number of nitrogens with one attached hydrogen (secondary N) is 1. The Hall–Kier alpha value is -1.95. The molecule has 2 amide bonds. The smallest absolute Gasteiger partial charge is 0.225 e. The maximum Gasteiger partial charge on any atom is 0.225 e. The van der Waals surface area contributed by atoms with Gasteiger partial charge in [0.2, 0.25) is 11.8 Å². The first-order valence-electron chi connectivity index (χ1n) is 9.61. The fourth-order valence-electron chi connectivity index (χ4n) is 3.54. The van der Waals surface area contributed by atoms with Crippen LogP contribution in [-0.4, -0.2) is 40.8 Å². The summed E-state index contributed by atoms with van der Waals surface area (Å²) in [5.41, 5.74) is 1.04. The van der Waals surface area contributed by atoms with Gasteiger partial charge in [0.1, 0.15) is 0 Å². The van der Waals surface area contributed by atoms with Crippen molar-refractivity contribution in [1.29, 1.82) is 0 Å². The van der Waals surface area contributed by atoms with E-state index in [0.29, 0.717) is 19.0 Å². The van der Waals surface area contributed by atoms with Gasteiger partial charge in [-0.2, -0.15) is 0 Å². The van der Waals surface area contributed by atoms with E-state index in [4.69, 9.17) is 0 Å². The highest BCUT2D eigenvalue weighted by molar-refractivity contribution is 7.18. The highest BCUT2D eigenvalue weighted by atomic mass is 32.1. The molecule has 1 N–H and O–H groups in total. The molecule has 2 fully saturated rings. The fraction of sp³-hybridized carbons (Fsp3) is 0.550. The molecule has 0 radical (unpaired) electrons. The van der Waals surface area contributed by atoms with Gasteiger partial charge in [-0.15, -0.1) is 11.3 Å². The summed E-state index contributed by atoms with van der Waals surface area (Å²) in [6.45, 7) is 1.37. The second-order valence-corrected chi connectivity index (χ2v) is 8.51. The van der Waals surface area contributed by atoms with Gasteiger partial charge < -0.3 is 10.2 Å². The second kappa shape index (κ2) is 7.74. The van der Waals surface area contributed by atoms with Crippen LogP contribution in [0.3, 0.4) is 0 Å². The van der Waals surface area contributed by atoms with Gasteiger partial charge in [0.25, 0.3) is 0 Å². The van der Waals surface area contributed by atoms with Crippen molar-refractivity contribution in [3.63, 3.8) is 0 Å². The molecule has 5 nitrogen and oxygen atoms in total. The van der Waals surface area contributed by atoms with Crippen molar-refractivity contribution in [3.8, 4) is 0 Å². The Labute approximate surface area is 157 Å². The highest BCUT2D eigenvalue weighted by Gasteiger charge is 2.31. The maximum absolute atomic E-state index is 12.5. The van der Waals surface area contributed by atoms with E-state index in [0.717, 1.165) is 55.6 Å². The van der Waals surface area contributed by atoms with Crippen molar-refractivity contribution < 1.29 is 9.59 Å². The summed E-state index contributed by atoms with van der Waals surface area (Å²) >= 11 is 1.71. The van der Waals surface area contributed by atoms with Crippen molar-refractivity contribution in [2.45, 2.75) is 51.0 Å². The summed E-state index contributed by atoms with van der Waals surface area (Å²) in [5.74, 6) is 0.284. The summed E-state index contributed by atoms with van der Waals surface area (Å²) < 4.78 is 1.20. The number of amides is 2. The molecule has 1 unspecified atom stereocenters. The Morgan fingerprint density at radius 1 is 1.23 bits per heavy atom. The number of benzene rings is 1. The summed E-state index contributed by atoms with van der Waals surface area (Å²) in [6, 6.07) is 8.53. The molecule has 2 heterocycles. The molecule has 1 saturated heterocycles. The number of carbonyl (C=O) groups excluding carboxylic acids is 2. The number of hydrogen-bond donors (Lipinski definition) is 1.